The van der Waals surface area contributed by atoms with Crippen LogP contribution in [0.3, 0.4) is 0 Å². The Balaban J connectivity index is 2.07. The Morgan fingerprint density at radius 1 is 1.06 bits per heavy atom. The maximum absolute atomic E-state index is 11.5. The number of unbranched alkanes of at least 4 members (excludes halogenated alkanes) is 6. The van der Waals surface area contributed by atoms with Gasteiger partial charge in [-0.25, -0.2) is 0 Å². The van der Waals surface area contributed by atoms with Gasteiger partial charge in [0.05, 0.1) is 0 Å². The summed E-state index contributed by atoms with van der Waals surface area (Å²) in [5, 5.41) is 0. The van der Waals surface area contributed by atoms with Gasteiger partial charge < -0.3 is 4.90 Å². The zero-order chi connectivity index (χ0) is 13.2. The van der Waals surface area contributed by atoms with Crippen LogP contribution in [-0.4, -0.2) is 23.4 Å². The Bertz CT molecular complexity index is 227. The fourth-order valence-corrected chi connectivity index (χ4v) is 3.05. The van der Waals surface area contributed by atoms with Crippen LogP contribution in [0.25, 0.3) is 0 Å². The van der Waals surface area contributed by atoms with Crippen LogP contribution in [-0.2, 0) is 4.79 Å². The van der Waals surface area contributed by atoms with Crippen LogP contribution >= 0.6 is 0 Å². The highest BCUT2D eigenvalue weighted by atomic mass is 16.2. The predicted octanol–water partition coefficient (Wildman–Crippen LogP) is 4.53. The number of amides is 1. The molecule has 1 heterocycles. The SMILES string of the molecule is CCCCCCCCC[C@H]1CCCCN1C(C)=O. The van der Waals surface area contributed by atoms with Gasteiger partial charge in [0.15, 0.2) is 0 Å². The molecule has 1 rings (SSSR count). The van der Waals surface area contributed by atoms with Crippen molar-refractivity contribution in [3.63, 3.8) is 0 Å². The smallest absolute Gasteiger partial charge is 0.219 e. The average molecular weight is 253 g/mol. The molecule has 1 saturated heterocycles. The van der Waals surface area contributed by atoms with E-state index in [1.54, 1.807) is 6.92 Å². The molecule has 1 aliphatic heterocycles. The van der Waals surface area contributed by atoms with Gasteiger partial charge in [-0.2, -0.15) is 0 Å². The molecule has 0 aliphatic carbocycles. The summed E-state index contributed by atoms with van der Waals surface area (Å²) in [5.74, 6) is 0.280. The number of rotatable bonds is 8. The predicted molar refractivity (Wildman–Crippen MR) is 77.6 cm³/mol. The lowest BCUT2D eigenvalue weighted by molar-refractivity contribution is -0.132. The van der Waals surface area contributed by atoms with Crippen molar-refractivity contribution in [2.24, 2.45) is 0 Å². The number of carbonyl (C=O) groups excluding carboxylic acids is 1. The molecule has 1 fully saturated rings. The Morgan fingerprint density at radius 2 is 1.72 bits per heavy atom. The first kappa shape index (κ1) is 15.5. The maximum Gasteiger partial charge on any atom is 0.219 e. The molecule has 2 heteroatoms. The first-order chi connectivity index (χ1) is 8.75. The van der Waals surface area contributed by atoms with Crippen LogP contribution in [0.2, 0.25) is 0 Å². The molecule has 18 heavy (non-hydrogen) atoms. The highest BCUT2D eigenvalue weighted by Gasteiger charge is 2.23. The second-order valence-electron chi connectivity index (χ2n) is 5.77. The van der Waals surface area contributed by atoms with E-state index in [1.165, 1.54) is 70.6 Å². The highest BCUT2D eigenvalue weighted by molar-refractivity contribution is 5.73. The van der Waals surface area contributed by atoms with E-state index in [4.69, 9.17) is 0 Å². The molecule has 0 spiro atoms. The van der Waals surface area contributed by atoms with E-state index in [9.17, 15) is 4.79 Å². The number of hydrogen-bond acceptors (Lipinski definition) is 1. The standard InChI is InChI=1S/C16H31NO/c1-3-4-5-6-7-8-9-12-16-13-10-11-14-17(16)15(2)18/h16H,3-14H2,1-2H3/t16-/m0/s1. The van der Waals surface area contributed by atoms with E-state index < -0.39 is 0 Å². The topological polar surface area (TPSA) is 20.3 Å². The summed E-state index contributed by atoms with van der Waals surface area (Å²) >= 11 is 0. The molecular formula is C16H31NO. The van der Waals surface area contributed by atoms with Gasteiger partial charge in [0, 0.05) is 19.5 Å². The molecule has 0 radical (unpaired) electrons. The van der Waals surface area contributed by atoms with E-state index >= 15 is 0 Å². The molecule has 1 atom stereocenters. The van der Waals surface area contributed by atoms with Crippen molar-refractivity contribution in [1.29, 1.82) is 0 Å². The summed E-state index contributed by atoms with van der Waals surface area (Å²) in [5.41, 5.74) is 0. The van der Waals surface area contributed by atoms with E-state index in [0.29, 0.717) is 6.04 Å². The number of nitrogens with zero attached hydrogens (tertiary/aromatic N) is 1. The first-order valence-corrected chi connectivity index (χ1v) is 8.03. The van der Waals surface area contributed by atoms with Crippen LogP contribution in [0.15, 0.2) is 0 Å². The van der Waals surface area contributed by atoms with E-state index in [0.717, 1.165) is 6.54 Å². The summed E-state index contributed by atoms with van der Waals surface area (Å²) < 4.78 is 0. The largest absolute Gasteiger partial charge is 0.340 e. The molecular weight excluding hydrogens is 222 g/mol. The molecule has 0 N–H and O–H groups in total. The third-order valence-corrected chi connectivity index (χ3v) is 4.17. The molecule has 0 aromatic rings. The summed E-state index contributed by atoms with van der Waals surface area (Å²) in [7, 11) is 0. The van der Waals surface area contributed by atoms with Crippen molar-refractivity contribution in [3.8, 4) is 0 Å². The summed E-state index contributed by atoms with van der Waals surface area (Å²) in [6.07, 6.45) is 14.5. The van der Waals surface area contributed by atoms with E-state index in [1.807, 2.05) is 0 Å². The van der Waals surface area contributed by atoms with E-state index in [-0.39, 0.29) is 5.91 Å². The minimum atomic E-state index is 0.280. The lowest BCUT2D eigenvalue weighted by Crippen LogP contribution is -2.42. The Labute approximate surface area is 113 Å². The Kier molecular flexibility index (Phi) is 8.11. The van der Waals surface area contributed by atoms with Crippen LogP contribution < -0.4 is 0 Å². The van der Waals surface area contributed by atoms with Gasteiger partial charge in [-0.3, -0.25) is 4.79 Å². The molecule has 2 nitrogen and oxygen atoms in total. The zero-order valence-corrected chi connectivity index (χ0v) is 12.4. The van der Waals surface area contributed by atoms with Crippen LogP contribution in [0.4, 0.5) is 0 Å². The van der Waals surface area contributed by atoms with Gasteiger partial charge in [0.25, 0.3) is 0 Å². The van der Waals surface area contributed by atoms with E-state index in [2.05, 4.69) is 11.8 Å². The molecule has 0 unspecified atom stereocenters. The second-order valence-corrected chi connectivity index (χ2v) is 5.77. The Morgan fingerprint density at radius 3 is 2.39 bits per heavy atom. The van der Waals surface area contributed by atoms with Gasteiger partial charge in [0.2, 0.25) is 5.91 Å². The number of piperidine rings is 1. The Hall–Kier alpha value is -0.530. The molecule has 1 amide bonds. The average Bonchev–Trinajstić information content (AvgIpc) is 2.38. The van der Waals surface area contributed by atoms with Gasteiger partial charge in [-0.05, 0) is 25.7 Å². The minimum Gasteiger partial charge on any atom is -0.340 e. The summed E-state index contributed by atoms with van der Waals surface area (Å²) in [6.45, 7) is 4.99. The minimum absolute atomic E-state index is 0.280. The highest BCUT2D eigenvalue weighted by Crippen LogP contribution is 2.22. The van der Waals surface area contributed by atoms with Gasteiger partial charge in [-0.15, -0.1) is 0 Å². The molecule has 0 aromatic heterocycles. The second kappa shape index (κ2) is 9.41. The third kappa shape index (κ3) is 5.88. The maximum atomic E-state index is 11.5. The van der Waals surface area contributed by atoms with Gasteiger partial charge in [-0.1, -0.05) is 51.9 Å². The van der Waals surface area contributed by atoms with Crippen LogP contribution in [0.1, 0.15) is 84.5 Å². The molecule has 0 aromatic carbocycles. The number of likely N-dealkylation sites (tertiary alicyclic amines) is 1. The van der Waals surface area contributed by atoms with Crippen LogP contribution in [0, 0.1) is 0 Å². The third-order valence-electron chi connectivity index (χ3n) is 4.17. The van der Waals surface area contributed by atoms with Crippen molar-refractivity contribution in [3.05, 3.63) is 0 Å². The van der Waals surface area contributed by atoms with Crippen molar-refractivity contribution in [1.82, 2.24) is 4.90 Å². The monoisotopic (exact) mass is 253 g/mol. The number of hydrogen-bond donors (Lipinski definition) is 0. The van der Waals surface area contributed by atoms with Crippen LogP contribution in [0.5, 0.6) is 0 Å². The number of carbonyl (C=O) groups is 1. The lowest BCUT2D eigenvalue weighted by atomic mass is 9.96. The van der Waals surface area contributed by atoms with Gasteiger partial charge in [0.1, 0.15) is 0 Å². The fraction of sp³-hybridized carbons (Fsp3) is 0.938. The van der Waals surface area contributed by atoms with Crippen molar-refractivity contribution in [2.45, 2.75) is 90.5 Å². The molecule has 106 valence electrons. The molecule has 1 aliphatic rings. The summed E-state index contributed by atoms with van der Waals surface area (Å²) in [4.78, 5) is 13.7. The normalized spacial score (nSPS) is 20.1. The fourth-order valence-electron chi connectivity index (χ4n) is 3.05. The molecule has 0 bridgehead atoms. The quantitative estimate of drug-likeness (QED) is 0.582. The van der Waals surface area contributed by atoms with Crippen molar-refractivity contribution < 1.29 is 4.79 Å². The summed E-state index contributed by atoms with van der Waals surface area (Å²) in [6, 6.07) is 0.548. The lowest BCUT2D eigenvalue weighted by Gasteiger charge is -2.35. The first-order valence-electron chi connectivity index (χ1n) is 8.03. The molecule has 0 saturated carbocycles. The zero-order valence-electron chi connectivity index (χ0n) is 12.4. The van der Waals surface area contributed by atoms with Crippen molar-refractivity contribution >= 4 is 5.91 Å². The van der Waals surface area contributed by atoms with Gasteiger partial charge >= 0.3 is 0 Å². The van der Waals surface area contributed by atoms with Crippen molar-refractivity contribution in [2.75, 3.05) is 6.54 Å².